The number of fused-ring (bicyclic) bond motifs is 2. The van der Waals surface area contributed by atoms with E-state index in [1.165, 1.54) is 0 Å². The predicted octanol–water partition coefficient (Wildman–Crippen LogP) is 4.65. The van der Waals surface area contributed by atoms with Crippen LogP contribution in [-0.2, 0) is 0 Å². The van der Waals surface area contributed by atoms with Crippen LogP contribution in [0.5, 0.6) is 17.2 Å². The second kappa shape index (κ2) is 7.56. The van der Waals surface area contributed by atoms with Gasteiger partial charge in [-0.15, -0.1) is 5.10 Å². The summed E-state index contributed by atoms with van der Waals surface area (Å²) in [6.07, 6.45) is 1.81. The van der Waals surface area contributed by atoms with Crippen LogP contribution < -0.4 is 19.5 Å². The van der Waals surface area contributed by atoms with Crippen molar-refractivity contribution in [1.82, 2.24) is 19.6 Å². The van der Waals surface area contributed by atoms with Crippen LogP contribution in [0.3, 0.4) is 0 Å². The van der Waals surface area contributed by atoms with Gasteiger partial charge in [-0.3, -0.25) is 0 Å². The van der Waals surface area contributed by atoms with Gasteiger partial charge in [-0.05, 0) is 36.4 Å². The zero-order valence-electron chi connectivity index (χ0n) is 17.3. The number of para-hydroxylation sites is 1. The molecule has 0 unspecified atom stereocenters. The van der Waals surface area contributed by atoms with Crippen LogP contribution in [0.15, 0.2) is 60.8 Å². The molecule has 5 aromatic rings. The fourth-order valence-corrected chi connectivity index (χ4v) is 3.62. The van der Waals surface area contributed by atoms with Crippen molar-refractivity contribution in [2.24, 2.45) is 0 Å². The predicted molar refractivity (Wildman–Crippen MR) is 120 cm³/mol. The van der Waals surface area contributed by atoms with E-state index < -0.39 is 0 Å². The number of aromatic nitrogens is 4. The van der Waals surface area contributed by atoms with Crippen molar-refractivity contribution in [3.05, 3.63) is 60.8 Å². The highest BCUT2D eigenvalue weighted by atomic mass is 16.5. The first kappa shape index (κ1) is 18.8. The third-order valence-corrected chi connectivity index (χ3v) is 5.13. The van der Waals surface area contributed by atoms with Crippen molar-refractivity contribution in [3.8, 4) is 28.6 Å². The van der Waals surface area contributed by atoms with E-state index in [9.17, 15) is 0 Å². The Hall–Kier alpha value is -4.20. The van der Waals surface area contributed by atoms with Crippen molar-refractivity contribution in [1.29, 1.82) is 0 Å². The molecule has 8 nitrogen and oxygen atoms in total. The van der Waals surface area contributed by atoms with Gasteiger partial charge in [0.25, 0.3) is 0 Å². The molecule has 0 spiro atoms. The van der Waals surface area contributed by atoms with Crippen molar-refractivity contribution < 1.29 is 14.2 Å². The average Bonchev–Trinajstić information content (AvgIpc) is 3.42. The fourth-order valence-electron chi connectivity index (χ4n) is 3.62. The lowest BCUT2D eigenvalue weighted by molar-refractivity contribution is 0.355. The Labute approximate surface area is 178 Å². The Bertz CT molecular complexity index is 1390. The molecule has 0 bridgehead atoms. The number of benzene rings is 2. The third kappa shape index (κ3) is 3.28. The molecular formula is C23H21N5O3. The second-order valence-corrected chi connectivity index (χ2v) is 6.93. The summed E-state index contributed by atoms with van der Waals surface area (Å²) in [6.45, 7) is 0. The van der Waals surface area contributed by atoms with Crippen LogP contribution in [0, 0.1) is 0 Å². The first-order valence-corrected chi connectivity index (χ1v) is 9.70. The van der Waals surface area contributed by atoms with Crippen LogP contribution in [-0.4, -0.2) is 40.9 Å². The second-order valence-electron chi connectivity index (χ2n) is 6.93. The number of ether oxygens (including phenoxy) is 3. The van der Waals surface area contributed by atoms with E-state index in [0.717, 1.165) is 39.4 Å². The maximum Gasteiger partial charge on any atom is 0.162 e. The highest BCUT2D eigenvalue weighted by molar-refractivity contribution is 5.90. The molecule has 2 N–H and O–H groups in total. The Morgan fingerprint density at radius 3 is 2.52 bits per heavy atom. The molecule has 0 atom stereocenters. The highest BCUT2D eigenvalue weighted by Crippen LogP contribution is 2.32. The van der Waals surface area contributed by atoms with E-state index in [4.69, 9.17) is 19.3 Å². The third-order valence-electron chi connectivity index (χ3n) is 5.13. The standard InChI is InChI=1S/C23H21N5O3/c1-29-18-8-7-15(12-20(18)31-3)25-21-9-10-22-24-13-17(28(22)27-21)16-11-14-5-4-6-19(30-2)23(14)26-16/h4-13,26H,1-3H3,(H,25,27). The lowest BCUT2D eigenvalue weighted by Gasteiger charge is -2.11. The molecule has 0 aliphatic heterocycles. The van der Waals surface area contributed by atoms with Gasteiger partial charge in [-0.2, -0.15) is 0 Å². The number of imidazole rings is 1. The van der Waals surface area contributed by atoms with E-state index in [-0.39, 0.29) is 0 Å². The van der Waals surface area contributed by atoms with E-state index in [1.807, 2.05) is 48.5 Å². The topological polar surface area (TPSA) is 85.7 Å². The molecule has 0 saturated heterocycles. The number of nitrogens with zero attached hydrogens (tertiary/aromatic N) is 3. The minimum Gasteiger partial charge on any atom is -0.495 e. The molecule has 31 heavy (non-hydrogen) atoms. The first-order valence-electron chi connectivity index (χ1n) is 9.70. The molecule has 0 radical (unpaired) electrons. The Kier molecular flexibility index (Phi) is 4.59. The van der Waals surface area contributed by atoms with Crippen molar-refractivity contribution >= 4 is 28.1 Å². The van der Waals surface area contributed by atoms with Gasteiger partial charge in [0.2, 0.25) is 0 Å². The van der Waals surface area contributed by atoms with Crippen LogP contribution in [0.1, 0.15) is 0 Å². The van der Waals surface area contributed by atoms with Gasteiger partial charge >= 0.3 is 0 Å². The van der Waals surface area contributed by atoms with Gasteiger partial charge in [0.05, 0.1) is 38.7 Å². The molecule has 5 rings (SSSR count). The van der Waals surface area contributed by atoms with Crippen molar-refractivity contribution in [2.45, 2.75) is 0 Å². The Morgan fingerprint density at radius 1 is 0.871 bits per heavy atom. The van der Waals surface area contributed by atoms with E-state index >= 15 is 0 Å². The normalized spacial score (nSPS) is 11.1. The van der Waals surface area contributed by atoms with Crippen molar-refractivity contribution in [2.75, 3.05) is 26.6 Å². The SMILES string of the molecule is COc1ccc(Nc2ccc3ncc(-c4cc5cccc(OC)c5[nH]4)n3n2)cc1OC. The molecule has 156 valence electrons. The van der Waals surface area contributed by atoms with Gasteiger partial charge in [-0.1, -0.05) is 12.1 Å². The Morgan fingerprint density at radius 2 is 1.71 bits per heavy atom. The minimum atomic E-state index is 0.643. The summed E-state index contributed by atoms with van der Waals surface area (Å²) >= 11 is 0. The molecule has 0 aliphatic rings. The zero-order valence-corrected chi connectivity index (χ0v) is 17.3. The molecule has 0 aliphatic carbocycles. The van der Waals surface area contributed by atoms with E-state index in [2.05, 4.69) is 21.4 Å². The highest BCUT2D eigenvalue weighted by Gasteiger charge is 2.13. The van der Waals surface area contributed by atoms with Crippen LogP contribution in [0.25, 0.3) is 27.9 Å². The number of hydrogen-bond acceptors (Lipinski definition) is 6. The number of aromatic amines is 1. The molecule has 3 aromatic heterocycles. The molecule has 2 aromatic carbocycles. The van der Waals surface area contributed by atoms with Gasteiger partial charge in [0.1, 0.15) is 11.4 Å². The summed E-state index contributed by atoms with van der Waals surface area (Å²) in [6, 6.07) is 17.4. The summed E-state index contributed by atoms with van der Waals surface area (Å²) in [5, 5.41) is 9.11. The van der Waals surface area contributed by atoms with Crippen molar-refractivity contribution in [3.63, 3.8) is 0 Å². The number of anilines is 2. The first-order chi connectivity index (χ1) is 15.2. The summed E-state index contributed by atoms with van der Waals surface area (Å²) in [7, 11) is 4.89. The average molecular weight is 415 g/mol. The lowest BCUT2D eigenvalue weighted by atomic mass is 10.2. The maximum absolute atomic E-state index is 5.47. The van der Waals surface area contributed by atoms with Gasteiger partial charge in [-0.25, -0.2) is 9.50 Å². The lowest BCUT2D eigenvalue weighted by Crippen LogP contribution is -2.01. The monoisotopic (exact) mass is 415 g/mol. The minimum absolute atomic E-state index is 0.643. The molecular weight excluding hydrogens is 394 g/mol. The number of hydrogen-bond donors (Lipinski definition) is 2. The summed E-state index contributed by atoms with van der Waals surface area (Å²) in [4.78, 5) is 7.92. The molecule has 0 saturated carbocycles. The maximum atomic E-state index is 5.47. The van der Waals surface area contributed by atoms with Gasteiger partial charge < -0.3 is 24.5 Å². The van der Waals surface area contributed by atoms with Crippen LogP contribution in [0.4, 0.5) is 11.5 Å². The molecule has 0 amide bonds. The quantitative estimate of drug-likeness (QED) is 0.420. The number of rotatable bonds is 6. The fraction of sp³-hybridized carbons (Fsp3) is 0.130. The molecule has 3 heterocycles. The summed E-state index contributed by atoms with van der Waals surface area (Å²) in [5.74, 6) is 2.78. The summed E-state index contributed by atoms with van der Waals surface area (Å²) in [5.41, 5.74) is 4.28. The van der Waals surface area contributed by atoms with Gasteiger partial charge in [0, 0.05) is 17.1 Å². The van der Waals surface area contributed by atoms with Crippen LogP contribution >= 0.6 is 0 Å². The van der Waals surface area contributed by atoms with E-state index in [1.54, 1.807) is 32.0 Å². The number of nitrogens with one attached hydrogen (secondary N) is 2. The molecule has 0 fully saturated rings. The smallest absolute Gasteiger partial charge is 0.162 e. The Balaban J connectivity index is 1.53. The number of methoxy groups -OCH3 is 3. The largest absolute Gasteiger partial charge is 0.495 e. The summed E-state index contributed by atoms with van der Waals surface area (Å²) < 4.78 is 18.0. The van der Waals surface area contributed by atoms with E-state index in [0.29, 0.717) is 17.3 Å². The zero-order chi connectivity index (χ0) is 21.4. The van der Waals surface area contributed by atoms with Gasteiger partial charge in [0.15, 0.2) is 23.0 Å². The molecule has 8 heteroatoms. The van der Waals surface area contributed by atoms with Crippen LogP contribution in [0.2, 0.25) is 0 Å². The number of H-pyrrole nitrogens is 1.